The number of carbonyl (C=O) groups is 4. The molecule has 2 atom stereocenters. The topological polar surface area (TPSA) is 117 Å². The number of ether oxygens (including phenoxy) is 2. The normalized spacial score (nSPS) is 16.1. The molecule has 3 amide bonds. The number of hydrogen-bond donors (Lipinski definition) is 1. The van der Waals surface area contributed by atoms with Crippen molar-refractivity contribution < 1.29 is 33.8 Å². The second-order valence-electron chi connectivity index (χ2n) is 9.59. The number of likely N-dealkylation sites (N-methyl/N-ethyl adjacent to an activating group) is 2. The van der Waals surface area contributed by atoms with Gasteiger partial charge in [-0.1, -0.05) is 48.5 Å². The van der Waals surface area contributed by atoms with Crippen LogP contribution in [0.15, 0.2) is 48.5 Å². The first-order valence-electron chi connectivity index (χ1n) is 12.6. The van der Waals surface area contributed by atoms with Gasteiger partial charge < -0.3 is 24.4 Å². The Labute approximate surface area is 221 Å². The number of rotatable bonds is 8. The third-order valence-electron chi connectivity index (χ3n) is 7.35. The van der Waals surface area contributed by atoms with Crippen LogP contribution in [0.3, 0.4) is 0 Å². The molecule has 1 heterocycles. The molecule has 0 aromatic heterocycles. The van der Waals surface area contributed by atoms with Gasteiger partial charge in [0.2, 0.25) is 11.8 Å². The van der Waals surface area contributed by atoms with Crippen molar-refractivity contribution in [3.05, 3.63) is 59.7 Å². The molecule has 38 heavy (non-hydrogen) atoms. The molecule has 0 unspecified atom stereocenters. The van der Waals surface area contributed by atoms with Crippen LogP contribution < -0.4 is 0 Å². The van der Waals surface area contributed by atoms with E-state index >= 15 is 0 Å². The van der Waals surface area contributed by atoms with Crippen LogP contribution in [0.4, 0.5) is 4.79 Å². The van der Waals surface area contributed by atoms with E-state index in [-0.39, 0.29) is 12.5 Å². The molecule has 1 saturated heterocycles. The summed E-state index contributed by atoms with van der Waals surface area (Å²) in [5.41, 5.74) is 4.37. The number of amides is 3. The average molecular weight is 524 g/mol. The Morgan fingerprint density at radius 3 is 2.08 bits per heavy atom. The van der Waals surface area contributed by atoms with Crippen molar-refractivity contribution in [3.63, 3.8) is 0 Å². The van der Waals surface area contributed by atoms with Crippen LogP contribution in [0.25, 0.3) is 11.1 Å². The zero-order chi connectivity index (χ0) is 27.4. The minimum Gasteiger partial charge on any atom is -0.481 e. The zero-order valence-corrected chi connectivity index (χ0v) is 21.8. The molecule has 0 spiro atoms. The van der Waals surface area contributed by atoms with Crippen molar-refractivity contribution in [1.29, 1.82) is 0 Å². The average Bonchev–Trinajstić information content (AvgIpc) is 3.26. The predicted octanol–water partition coefficient (Wildman–Crippen LogP) is 2.42. The van der Waals surface area contributed by atoms with Crippen LogP contribution in [0, 0.1) is 0 Å². The molecule has 4 rings (SSSR count). The van der Waals surface area contributed by atoms with Gasteiger partial charge in [0.1, 0.15) is 18.7 Å². The summed E-state index contributed by atoms with van der Waals surface area (Å²) >= 11 is 0. The predicted molar refractivity (Wildman–Crippen MR) is 139 cm³/mol. The number of benzene rings is 2. The van der Waals surface area contributed by atoms with Crippen molar-refractivity contribution in [2.24, 2.45) is 0 Å². The first-order valence-corrected chi connectivity index (χ1v) is 12.6. The summed E-state index contributed by atoms with van der Waals surface area (Å²) in [7, 11) is 2.83. The molecule has 2 aromatic carbocycles. The number of carboxylic acids is 1. The van der Waals surface area contributed by atoms with Crippen molar-refractivity contribution in [1.82, 2.24) is 14.7 Å². The summed E-state index contributed by atoms with van der Waals surface area (Å²) in [6.07, 6.45) is -1.23. The highest BCUT2D eigenvalue weighted by molar-refractivity contribution is 5.93. The Hall–Kier alpha value is -3.92. The smallest absolute Gasteiger partial charge is 0.410 e. The maximum absolute atomic E-state index is 13.3. The lowest BCUT2D eigenvalue weighted by Gasteiger charge is -2.35. The van der Waals surface area contributed by atoms with Gasteiger partial charge in [0.15, 0.2) is 0 Å². The van der Waals surface area contributed by atoms with E-state index in [1.54, 1.807) is 0 Å². The lowest BCUT2D eigenvalue weighted by Crippen LogP contribution is -2.56. The van der Waals surface area contributed by atoms with Gasteiger partial charge in [0.05, 0.1) is 19.6 Å². The molecular weight excluding hydrogens is 490 g/mol. The molecule has 2 aromatic rings. The van der Waals surface area contributed by atoms with Crippen LogP contribution >= 0.6 is 0 Å². The SMILES string of the molecule is C[C@@H](C(=O)N(C)[C@@H](CC(=O)O)C(=O)N1CCOCC1)N(C)C(=O)OCC1c2ccccc2-c2ccccc21. The van der Waals surface area contributed by atoms with Gasteiger partial charge in [-0.3, -0.25) is 19.3 Å². The summed E-state index contributed by atoms with van der Waals surface area (Å²) < 4.78 is 10.9. The monoisotopic (exact) mass is 523 g/mol. The quantitative estimate of drug-likeness (QED) is 0.565. The van der Waals surface area contributed by atoms with Crippen molar-refractivity contribution in [2.45, 2.75) is 31.3 Å². The summed E-state index contributed by atoms with van der Waals surface area (Å²) in [6.45, 7) is 2.98. The van der Waals surface area contributed by atoms with E-state index in [0.29, 0.717) is 26.3 Å². The fourth-order valence-corrected chi connectivity index (χ4v) is 5.02. The summed E-state index contributed by atoms with van der Waals surface area (Å²) in [4.78, 5) is 54.6. The molecule has 1 fully saturated rings. The van der Waals surface area contributed by atoms with E-state index in [2.05, 4.69) is 0 Å². The highest BCUT2D eigenvalue weighted by atomic mass is 16.6. The van der Waals surface area contributed by atoms with Crippen LogP contribution in [0.2, 0.25) is 0 Å². The van der Waals surface area contributed by atoms with Crippen molar-refractivity contribution >= 4 is 23.9 Å². The van der Waals surface area contributed by atoms with E-state index in [1.807, 2.05) is 48.5 Å². The first-order chi connectivity index (χ1) is 18.2. The Bertz CT molecular complexity index is 1160. The minimum absolute atomic E-state index is 0.102. The molecule has 0 radical (unpaired) electrons. The number of carbonyl (C=O) groups excluding carboxylic acids is 3. The first kappa shape index (κ1) is 27.1. The number of nitrogens with zero attached hydrogens (tertiary/aromatic N) is 3. The van der Waals surface area contributed by atoms with Gasteiger partial charge in [-0.05, 0) is 29.2 Å². The molecule has 2 aliphatic rings. The summed E-state index contributed by atoms with van der Waals surface area (Å²) in [5, 5.41) is 9.39. The molecule has 1 N–H and O–H groups in total. The van der Waals surface area contributed by atoms with E-state index in [0.717, 1.165) is 27.2 Å². The van der Waals surface area contributed by atoms with E-state index < -0.39 is 42.4 Å². The van der Waals surface area contributed by atoms with Gasteiger partial charge in [0.25, 0.3) is 0 Å². The maximum atomic E-state index is 13.3. The number of aliphatic carboxylic acids is 1. The van der Waals surface area contributed by atoms with Crippen LogP contribution in [0.1, 0.15) is 30.4 Å². The van der Waals surface area contributed by atoms with E-state index in [4.69, 9.17) is 9.47 Å². The zero-order valence-electron chi connectivity index (χ0n) is 21.8. The molecule has 202 valence electrons. The van der Waals surface area contributed by atoms with Gasteiger partial charge >= 0.3 is 12.1 Å². The standard InChI is InChI=1S/C28H33N3O7/c1-18(26(34)30(3)24(16-25(32)33)27(35)31-12-14-37-15-13-31)29(2)28(36)38-17-23-21-10-6-4-8-19(21)20-9-5-7-11-22(20)23/h4-11,18,23-24H,12-17H2,1-3H3,(H,32,33)/t18-,24-/m0/s1. The second kappa shape index (κ2) is 11.6. The van der Waals surface area contributed by atoms with Gasteiger partial charge in [-0.15, -0.1) is 0 Å². The van der Waals surface area contributed by atoms with Crippen molar-refractivity contribution in [2.75, 3.05) is 47.0 Å². The molecule has 1 aliphatic heterocycles. The Balaban J connectivity index is 1.41. The van der Waals surface area contributed by atoms with Gasteiger partial charge in [0, 0.05) is 33.1 Å². The Morgan fingerprint density at radius 2 is 1.53 bits per heavy atom. The third-order valence-corrected chi connectivity index (χ3v) is 7.35. The fraction of sp³-hybridized carbons (Fsp3) is 0.429. The van der Waals surface area contributed by atoms with E-state index in [1.165, 1.54) is 30.8 Å². The number of carboxylic acid groups (broad SMARTS) is 1. The number of morpholine rings is 1. The van der Waals surface area contributed by atoms with E-state index in [9.17, 15) is 24.3 Å². The lowest BCUT2D eigenvalue weighted by atomic mass is 9.98. The van der Waals surface area contributed by atoms with Crippen LogP contribution in [-0.2, 0) is 23.9 Å². The molecule has 1 aliphatic carbocycles. The molecule has 0 bridgehead atoms. The Kier molecular flexibility index (Phi) is 8.31. The Morgan fingerprint density at radius 1 is 0.974 bits per heavy atom. The van der Waals surface area contributed by atoms with Gasteiger partial charge in [-0.25, -0.2) is 4.79 Å². The van der Waals surface area contributed by atoms with Gasteiger partial charge in [-0.2, -0.15) is 0 Å². The largest absolute Gasteiger partial charge is 0.481 e. The van der Waals surface area contributed by atoms with Crippen LogP contribution in [-0.4, -0.2) is 103 Å². The van der Waals surface area contributed by atoms with Crippen LogP contribution in [0.5, 0.6) is 0 Å². The second-order valence-corrected chi connectivity index (χ2v) is 9.59. The maximum Gasteiger partial charge on any atom is 0.410 e. The fourth-order valence-electron chi connectivity index (χ4n) is 5.02. The number of hydrogen-bond acceptors (Lipinski definition) is 6. The summed E-state index contributed by atoms with van der Waals surface area (Å²) in [6, 6.07) is 13.8. The molecule has 10 heteroatoms. The highest BCUT2D eigenvalue weighted by Gasteiger charge is 2.37. The third kappa shape index (κ3) is 5.50. The summed E-state index contributed by atoms with van der Waals surface area (Å²) in [5.74, 6) is -2.34. The lowest BCUT2D eigenvalue weighted by molar-refractivity contribution is -0.153. The number of fused-ring (bicyclic) bond motifs is 3. The molecule has 0 saturated carbocycles. The molecular formula is C28H33N3O7. The minimum atomic E-state index is -1.20. The highest BCUT2D eigenvalue weighted by Crippen LogP contribution is 2.44. The van der Waals surface area contributed by atoms with Crippen molar-refractivity contribution in [3.8, 4) is 11.1 Å². The molecule has 10 nitrogen and oxygen atoms in total.